The molecule has 1 heterocycles. The molecule has 1 fully saturated rings. The van der Waals surface area contributed by atoms with Gasteiger partial charge in [-0.2, -0.15) is 0 Å². The Labute approximate surface area is 147 Å². The molecular formula is C20H22FNOS. The molecule has 0 saturated carbocycles. The van der Waals surface area contributed by atoms with Crippen LogP contribution in [0.4, 0.5) is 4.39 Å². The first kappa shape index (κ1) is 17.0. The van der Waals surface area contributed by atoms with Crippen LogP contribution in [-0.4, -0.2) is 23.1 Å². The van der Waals surface area contributed by atoms with Gasteiger partial charge in [-0.1, -0.05) is 57.2 Å². The van der Waals surface area contributed by atoms with Crippen molar-refractivity contribution in [3.8, 4) is 0 Å². The van der Waals surface area contributed by atoms with Crippen molar-refractivity contribution in [2.45, 2.75) is 31.6 Å². The molecule has 2 nitrogen and oxygen atoms in total. The van der Waals surface area contributed by atoms with E-state index in [2.05, 4.69) is 45.0 Å². The molecule has 1 unspecified atom stereocenters. The second-order valence-electron chi connectivity index (χ2n) is 7.07. The molecule has 0 aromatic heterocycles. The van der Waals surface area contributed by atoms with Gasteiger partial charge in [0.1, 0.15) is 11.2 Å². The van der Waals surface area contributed by atoms with Crippen molar-refractivity contribution in [3.63, 3.8) is 0 Å². The summed E-state index contributed by atoms with van der Waals surface area (Å²) in [5, 5.41) is -0.0499. The van der Waals surface area contributed by atoms with Crippen LogP contribution in [0.5, 0.6) is 0 Å². The molecule has 0 radical (unpaired) electrons. The molecule has 0 aliphatic carbocycles. The molecule has 1 aliphatic heterocycles. The van der Waals surface area contributed by atoms with Crippen molar-refractivity contribution < 1.29 is 9.18 Å². The second-order valence-corrected chi connectivity index (χ2v) is 8.26. The van der Waals surface area contributed by atoms with E-state index in [0.29, 0.717) is 6.54 Å². The number of rotatable bonds is 2. The minimum atomic E-state index is -0.457. The molecule has 126 valence electrons. The van der Waals surface area contributed by atoms with Crippen LogP contribution in [0.25, 0.3) is 0 Å². The number of amides is 1. The molecule has 1 atom stereocenters. The summed E-state index contributed by atoms with van der Waals surface area (Å²) in [5.41, 5.74) is 2.61. The van der Waals surface area contributed by atoms with Crippen LogP contribution in [0.15, 0.2) is 48.5 Å². The summed E-state index contributed by atoms with van der Waals surface area (Å²) >= 11 is 1.73. The predicted molar refractivity (Wildman–Crippen MR) is 97.8 cm³/mol. The van der Waals surface area contributed by atoms with Gasteiger partial charge in [-0.25, -0.2) is 4.39 Å². The summed E-state index contributed by atoms with van der Waals surface area (Å²) in [5.74, 6) is 0.176. The van der Waals surface area contributed by atoms with Crippen LogP contribution in [0.3, 0.4) is 0 Å². The van der Waals surface area contributed by atoms with E-state index in [1.54, 1.807) is 34.9 Å². The Hall–Kier alpha value is -1.81. The molecule has 2 aromatic rings. The largest absolute Gasteiger partial charge is 0.322 e. The number of thioether (sulfide) groups is 1. The lowest BCUT2D eigenvalue weighted by molar-refractivity contribution is 0.0755. The van der Waals surface area contributed by atoms with Crippen LogP contribution in [0, 0.1) is 5.82 Å². The van der Waals surface area contributed by atoms with Crippen LogP contribution < -0.4 is 0 Å². The standard InChI is InChI=1S/C20H22FNOS/c1-20(2,3)15-10-8-14(9-11-15)19-22(12-13-24-19)18(23)16-6-4-5-7-17(16)21/h4-11,19H,12-13H2,1-3H3. The average Bonchev–Trinajstić information content (AvgIpc) is 3.03. The zero-order chi connectivity index (χ0) is 17.3. The minimum Gasteiger partial charge on any atom is -0.322 e. The van der Waals surface area contributed by atoms with Crippen molar-refractivity contribution in [1.82, 2.24) is 4.90 Å². The van der Waals surface area contributed by atoms with Crippen LogP contribution in [-0.2, 0) is 5.41 Å². The molecule has 4 heteroatoms. The Bertz CT molecular complexity index is 736. The van der Waals surface area contributed by atoms with Gasteiger partial charge in [-0.15, -0.1) is 11.8 Å². The van der Waals surface area contributed by atoms with Gasteiger partial charge >= 0.3 is 0 Å². The topological polar surface area (TPSA) is 20.3 Å². The SMILES string of the molecule is CC(C)(C)c1ccc(C2SCCN2C(=O)c2ccccc2F)cc1. The van der Waals surface area contributed by atoms with E-state index in [4.69, 9.17) is 0 Å². The maximum Gasteiger partial charge on any atom is 0.258 e. The van der Waals surface area contributed by atoms with Crippen molar-refractivity contribution >= 4 is 17.7 Å². The molecule has 1 saturated heterocycles. The third kappa shape index (κ3) is 3.34. The van der Waals surface area contributed by atoms with E-state index in [9.17, 15) is 9.18 Å². The zero-order valence-electron chi connectivity index (χ0n) is 14.3. The minimum absolute atomic E-state index is 0.0499. The van der Waals surface area contributed by atoms with E-state index in [-0.39, 0.29) is 22.3 Å². The first-order valence-electron chi connectivity index (χ1n) is 8.15. The second kappa shape index (κ2) is 6.60. The van der Waals surface area contributed by atoms with Crippen molar-refractivity contribution in [3.05, 3.63) is 71.0 Å². The first-order chi connectivity index (χ1) is 11.4. The van der Waals surface area contributed by atoms with E-state index in [0.717, 1.165) is 11.3 Å². The molecule has 0 bridgehead atoms. The van der Waals surface area contributed by atoms with Gasteiger partial charge in [0.25, 0.3) is 5.91 Å². The highest BCUT2D eigenvalue weighted by atomic mass is 32.2. The highest BCUT2D eigenvalue weighted by Gasteiger charge is 2.32. The summed E-state index contributed by atoms with van der Waals surface area (Å²) in [4.78, 5) is 14.5. The van der Waals surface area contributed by atoms with E-state index >= 15 is 0 Å². The third-order valence-corrected chi connectivity index (χ3v) is 5.58. The lowest BCUT2D eigenvalue weighted by Crippen LogP contribution is -2.31. The molecule has 0 spiro atoms. The van der Waals surface area contributed by atoms with Crippen molar-refractivity contribution in [2.75, 3.05) is 12.3 Å². The molecule has 3 rings (SSSR count). The smallest absolute Gasteiger partial charge is 0.258 e. The molecule has 0 N–H and O–H groups in total. The van der Waals surface area contributed by atoms with Gasteiger partial charge in [0.2, 0.25) is 0 Å². The lowest BCUT2D eigenvalue weighted by atomic mass is 9.86. The van der Waals surface area contributed by atoms with E-state index < -0.39 is 5.82 Å². The molecule has 1 aliphatic rings. The van der Waals surface area contributed by atoms with Crippen LogP contribution in [0.2, 0.25) is 0 Å². The number of carbonyl (C=O) groups excluding carboxylic acids is 1. The Morgan fingerprint density at radius 2 is 1.79 bits per heavy atom. The summed E-state index contributed by atoms with van der Waals surface area (Å²) in [7, 11) is 0. The molecular weight excluding hydrogens is 321 g/mol. The Morgan fingerprint density at radius 1 is 1.12 bits per heavy atom. The number of carbonyl (C=O) groups is 1. The van der Waals surface area contributed by atoms with Gasteiger partial charge in [0, 0.05) is 12.3 Å². The summed E-state index contributed by atoms with van der Waals surface area (Å²) < 4.78 is 14.0. The third-order valence-electron chi connectivity index (χ3n) is 4.32. The number of halogens is 1. The number of benzene rings is 2. The number of hydrogen-bond acceptors (Lipinski definition) is 2. The van der Waals surface area contributed by atoms with Gasteiger partial charge < -0.3 is 4.90 Å². The average molecular weight is 343 g/mol. The first-order valence-corrected chi connectivity index (χ1v) is 9.20. The summed E-state index contributed by atoms with van der Waals surface area (Å²) in [6.45, 7) is 7.19. The number of nitrogens with zero attached hydrogens (tertiary/aromatic N) is 1. The number of hydrogen-bond donors (Lipinski definition) is 0. The zero-order valence-corrected chi connectivity index (χ0v) is 15.1. The fraction of sp³-hybridized carbons (Fsp3) is 0.350. The van der Waals surface area contributed by atoms with Gasteiger partial charge in [-0.05, 0) is 28.7 Å². The molecule has 24 heavy (non-hydrogen) atoms. The van der Waals surface area contributed by atoms with Crippen LogP contribution in [0.1, 0.15) is 47.6 Å². The van der Waals surface area contributed by atoms with Crippen molar-refractivity contribution in [1.29, 1.82) is 0 Å². The van der Waals surface area contributed by atoms with Gasteiger partial charge in [-0.3, -0.25) is 4.79 Å². The van der Waals surface area contributed by atoms with Crippen molar-refractivity contribution in [2.24, 2.45) is 0 Å². The Kier molecular flexibility index (Phi) is 4.68. The molecule has 2 aromatic carbocycles. The Balaban J connectivity index is 1.86. The van der Waals surface area contributed by atoms with E-state index in [1.165, 1.54) is 11.6 Å². The van der Waals surface area contributed by atoms with Gasteiger partial charge in [0.05, 0.1) is 5.56 Å². The van der Waals surface area contributed by atoms with Crippen LogP contribution >= 0.6 is 11.8 Å². The Morgan fingerprint density at radius 3 is 2.42 bits per heavy atom. The maximum atomic E-state index is 14.0. The van der Waals surface area contributed by atoms with E-state index in [1.807, 2.05) is 0 Å². The highest BCUT2D eigenvalue weighted by Crippen LogP contribution is 2.39. The van der Waals surface area contributed by atoms with Gasteiger partial charge in [0.15, 0.2) is 0 Å². The summed E-state index contributed by atoms with van der Waals surface area (Å²) in [6.07, 6.45) is 0. The fourth-order valence-electron chi connectivity index (χ4n) is 2.89. The lowest BCUT2D eigenvalue weighted by Gasteiger charge is -2.25. The normalized spacial score (nSPS) is 18.0. The quantitative estimate of drug-likeness (QED) is 0.764. The molecule has 1 amide bonds. The monoisotopic (exact) mass is 343 g/mol. The highest BCUT2D eigenvalue weighted by molar-refractivity contribution is 7.99. The fourth-order valence-corrected chi connectivity index (χ4v) is 4.15. The predicted octanol–water partition coefficient (Wildman–Crippen LogP) is 5.01. The summed E-state index contributed by atoms with van der Waals surface area (Å²) in [6, 6.07) is 14.6. The maximum absolute atomic E-state index is 14.0.